The zero-order valence-corrected chi connectivity index (χ0v) is 4.78. The third-order valence-corrected chi connectivity index (χ3v) is 0.898. The Balaban J connectivity index is 2.54. The summed E-state index contributed by atoms with van der Waals surface area (Å²) in [6, 6.07) is 0. The van der Waals surface area contributed by atoms with Gasteiger partial charge in [0.05, 0.1) is 6.54 Å². The predicted molar refractivity (Wildman–Crippen MR) is 28.5 cm³/mol. The normalized spacial score (nSPS) is 7.33. The van der Waals surface area contributed by atoms with Gasteiger partial charge in [-0.1, -0.05) is 12.5 Å². The molecule has 0 atom stereocenters. The largest absolute Gasteiger partial charge is 0.329 e. The fourth-order valence-electron chi connectivity index (χ4n) is 0.139. The van der Waals surface area contributed by atoms with Gasteiger partial charge in [-0.05, 0) is 0 Å². The molecule has 0 spiro atoms. The Morgan fingerprint density at radius 3 is 2.83 bits per heavy atom. The number of hydrogen-bond acceptors (Lipinski definition) is 1. The van der Waals surface area contributed by atoms with Gasteiger partial charge in [0.2, 0.25) is 0 Å². The van der Waals surface area contributed by atoms with Crippen LogP contribution in [0.3, 0.4) is 0 Å². The van der Waals surface area contributed by atoms with Crippen molar-refractivity contribution in [2.24, 2.45) is 0 Å². The van der Waals surface area contributed by atoms with E-state index in [4.69, 9.17) is 6.42 Å². The minimum absolute atomic E-state index is 0.703. The first kappa shape index (κ1) is 5.74. The molecule has 0 saturated heterocycles. The van der Waals surface area contributed by atoms with Crippen LogP contribution in [0.2, 0.25) is 6.55 Å². The highest BCUT2D eigenvalue weighted by molar-refractivity contribution is 6.30. The molecule has 0 saturated carbocycles. The zero-order chi connectivity index (χ0) is 4.83. The molecule has 0 amide bonds. The molecule has 0 heterocycles. The molecule has 1 N–H and O–H groups in total. The quantitative estimate of drug-likeness (QED) is 0.288. The van der Waals surface area contributed by atoms with Crippen molar-refractivity contribution < 1.29 is 0 Å². The van der Waals surface area contributed by atoms with Crippen LogP contribution in [-0.4, -0.2) is 16.2 Å². The molecular weight excluding hydrogens is 90.1 g/mol. The van der Waals surface area contributed by atoms with E-state index in [2.05, 4.69) is 17.4 Å². The molecule has 32 valence electrons. The minimum Gasteiger partial charge on any atom is -0.329 e. The molecule has 0 aromatic carbocycles. The van der Waals surface area contributed by atoms with Crippen LogP contribution in [0.25, 0.3) is 0 Å². The molecule has 2 radical (unpaired) electrons. The van der Waals surface area contributed by atoms with Crippen LogP contribution >= 0.6 is 0 Å². The molecule has 0 fully saturated rings. The molecule has 0 aromatic rings. The van der Waals surface area contributed by atoms with Crippen LogP contribution in [0.15, 0.2) is 0 Å². The van der Waals surface area contributed by atoms with Gasteiger partial charge < -0.3 is 4.98 Å². The highest BCUT2D eigenvalue weighted by Gasteiger charge is 1.69. The van der Waals surface area contributed by atoms with Crippen molar-refractivity contribution in [3.05, 3.63) is 0 Å². The maximum absolute atomic E-state index is 4.91. The molecular formula is C4H7NSi. The first-order chi connectivity index (χ1) is 2.91. The highest BCUT2D eigenvalue weighted by Crippen LogP contribution is 1.46. The topological polar surface area (TPSA) is 12.0 Å². The number of terminal acetylenes is 1. The van der Waals surface area contributed by atoms with E-state index >= 15 is 0 Å². The Hall–Kier alpha value is -0.263. The van der Waals surface area contributed by atoms with E-state index in [0.717, 1.165) is 9.68 Å². The lowest BCUT2D eigenvalue weighted by molar-refractivity contribution is 1.12. The van der Waals surface area contributed by atoms with Crippen molar-refractivity contribution in [2.45, 2.75) is 6.55 Å². The second-order valence-corrected chi connectivity index (χ2v) is 1.66. The fourth-order valence-corrected chi connectivity index (χ4v) is 0.418. The van der Waals surface area contributed by atoms with Crippen LogP contribution in [0.5, 0.6) is 0 Å². The standard InChI is InChI=1S/C4H7NSi/c1-3-4-5-6-2/h1,5H,4H2,2H3. The summed E-state index contributed by atoms with van der Waals surface area (Å²) in [6.45, 7) is 2.76. The lowest BCUT2D eigenvalue weighted by Crippen LogP contribution is -2.15. The van der Waals surface area contributed by atoms with Gasteiger partial charge in [-0.15, -0.1) is 6.42 Å². The van der Waals surface area contributed by atoms with Crippen molar-refractivity contribution in [1.82, 2.24) is 4.98 Å². The van der Waals surface area contributed by atoms with Gasteiger partial charge in [0, 0.05) is 0 Å². The molecule has 0 rings (SSSR count). The summed E-state index contributed by atoms with van der Waals surface area (Å²) in [7, 11) is 0.772. The summed E-state index contributed by atoms with van der Waals surface area (Å²) in [5.74, 6) is 2.46. The first-order valence-corrected chi connectivity index (χ1v) is 3.25. The van der Waals surface area contributed by atoms with Gasteiger partial charge in [-0.3, -0.25) is 0 Å². The van der Waals surface area contributed by atoms with Crippen LogP contribution in [-0.2, 0) is 0 Å². The Morgan fingerprint density at radius 2 is 2.67 bits per heavy atom. The van der Waals surface area contributed by atoms with Crippen LogP contribution in [0.4, 0.5) is 0 Å². The monoisotopic (exact) mass is 97.0 g/mol. The minimum atomic E-state index is 0.703. The average molecular weight is 97.2 g/mol. The Bertz CT molecular complexity index is 55.1. The van der Waals surface area contributed by atoms with E-state index in [1.54, 1.807) is 0 Å². The van der Waals surface area contributed by atoms with Crippen LogP contribution in [0.1, 0.15) is 0 Å². The lowest BCUT2D eigenvalue weighted by Gasteiger charge is -1.84. The summed E-state index contributed by atoms with van der Waals surface area (Å²) in [6.07, 6.45) is 4.91. The van der Waals surface area contributed by atoms with Crippen LogP contribution in [0, 0.1) is 12.3 Å². The average Bonchev–Trinajstić information content (AvgIpc) is 1.61. The molecule has 2 heteroatoms. The van der Waals surface area contributed by atoms with Crippen molar-refractivity contribution >= 4 is 9.68 Å². The Labute approximate surface area is 41.0 Å². The van der Waals surface area contributed by atoms with Crippen molar-refractivity contribution in [2.75, 3.05) is 6.54 Å². The summed E-state index contributed by atoms with van der Waals surface area (Å²) in [4.78, 5) is 2.99. The number of nitrogens with one attached hydrogen (secondary N) is 1. The van der Waals surface area contributed by atoms with Gasteiger partial charge >= 0.3 is 0 Å². The smallest absolute Gasteiger partial charge is 0.136 e. The van der Waals surface area contributed by atoms with E-state index in [-0.39, 0.29) is 0 Å². The Morgan fingerprint density at radius 1 is 2.00 bits per heavy atom. The van der Waals surface area contributed by atoms with E-state index in [1.807, 2.05) is 0 Å². The van der Waals surface area contributed by atoms with Crippen molar-refractivity contribution in [3.63, 3.8) is 0 Å². The predicted octanol–water partition coefficient (Wildman–Crippen LogP) is -0.123. The molecule has 0 aliphatic carbocycles. The van der Waals surface area contributed by atoms with E-state index in [0.29, 0.717) is 6.54 Å². The van der Waals surface area contributed by atoms with Gasteiger partial charge in [-0.25, -0.2) is 0 Å². The van der Waals surface area contributed by atoms with Gasteiger partial charge in [0.1, 0.15) is 9.68 Å². The summed E-state index contributed by atoms with van der Waals surface area (Å²) >= 11 is 0. The van der Waals surface area contributed by atoms with E-state index < -0.39 is 0 Å². The SMILES string of the molecule is C#CCN[Si]C. The first-order valence-electron chi connectivity index (χ1n) is 1.75. The molecule has 0 bridgehead atoms. The summed E-state index contributed by atoms with van der Waals surface area (Å²) in [5.41, 5.74) is 0. The van der Waals surface area contributed by atoms with Gasteiger partial charge in [0.15, 0.2) is 0 Å². The van der Waals surface area contributed by atoms with E-state index in [9.17, 15) is 0 Å². The number of hydrogen-bond donors (Lipinski definition) is 1. The maximum Gasteiger partial charge on any atom is 0.136 e. The maximum atomic E-state index is 4.91. The highest BCUT2D eigenvalue weighted by atomic mass is 28.2. The zero-order valence-electron chi connectivity index (χ0n) is 3.78. The summed E-state index contributed by atoms with van der Waals surface area (Å²) < 4.78 is 0. The van der Waals surface area contributed by atoms with Crippen molar-refractivity contribution in [1.29, 1.82) is 0 Å². The Kier molecular flexibility index (Phi) is 4.53. The second kappa shape index (κ2) is 4.74. The fraction of sp³-hybridized carbons (Fsp3) is 0.500. The third-order valence-electron chi connectivity index (χ3n) is 0.367. The van der Waals surface area contributed by atoms with Crippen LogP contribution < -0.4 is 4.98 Å². The third kappa shape index (κ3) is 3.74. The molecule has 0 aromatic heterocycles. The van der Waals surface area contributed by atoms with E-state index in [1.165, 1.54) is 0 Å². The number of rotatable bonds is 2. The summed E-state index contributed by atoms with van der Waals surface area (Å²) in [5, 5.41) is 0. The molecule has 6 heavy (non-hydrogen) atoms. The van der Waals surface area contributed by atoms with Crippen molar-refractivity contribution in [3.8, 4) is 12.3 Å². The molecule has 0 aliphatic rings. The molecule has 0 unspecified atom stereocenters. The van der Waals surface area contributed by atoms with Gasteiger partial charge in [0.25, 0.3) is 0 Å². The van der Waals surface area contributed by atoms with Gasteiger partial charge in [-0.2, -0.15) is 0 Å². The molecule has 0 aliphatic heterocycles. The molecule has 1 nitrogen and oxygen atoms in total. The second-order valence-electron chi connectivity index (χ2n) is 0.808. The lowest BCUT2D eigenvalue weighted by atomic mass is 10.7.